The van der Waals surface area contributed by atoms with Crippen molar-refractivity contribution in [1.82, 2.24) is 0 Å². The summed E-state index contributed by atoms with van der Waals surface area (Å²) in [6.07, 6.45) is 0. The molecule has 0 spiro atoms. The van der Waals surface area contributed by atoms with Crippen LogP contribution in [0.2, 0.25) is 0 Å². The molecule has 0 aliphatic rings. The molecule has 0 aliphatic heterocycles. The first-order chi connectivity index (χ1) is 18.1. The molecule has 0 saturated heterocycles. The van der Waals surface area contributed by atoms with Gasteiger partial charge in [-0.15, -0.1) is 0 Å². The summed E-state index contributed by atoms with van der Waals surface area (Å²) in [6, 6.07) is 25.0. The molecule has 0 amide bonds. The number of nitrogens with one attached hydrogen (secondary N) is 2. The second-order valence-electron chi connectivity index (χ2n) is 8.37. The molecule has 3 N–H and O–H groups in total. The number of rotatable bonds is 9. The molecule has 0 fully saturated rings. The van der Waals surface area contributed by atoms with Crippen molar-refractivity contribution in [3.63, 3.8) is 0 Å². The summed E-state index contributed by atoms with van der Waals surface area (Å²) in [5, 5.41) is 19.3. The Morgan fingerprint density at radius 3 is 2.05 bits per heavy atom. The number of sulfonamides is 1. The van der Waals surface area contributed by atoms with E-state index in [4.69, 9.17) is 4.74 Å². The van der Waals surface area contributed by atoms with Gasteiger partial charge in [-0.1, -0.05) is 35.4 Å². The molecule has 0 atom stereocenters. The molecule has 0 saturated carbocycles. The van der Waals surface area contributed by atoms with E-state index in [0.717, 1.165) is 16.0 Å². The molecular weight excluding hydrogens is 522 g/mol. The van der Waals surface area contributed by atoms with Crippen LogP contribution in [0.3, 0.4) is 0 Å². The molecule has 0 heterocycles. The lowest BCUT2D eigenvalue weighted by atomic mass is 10.1. The van der Waals surface area contributed by atoms with Crippen LogP contribution < -0.4 is 14.2 Å². The highest BCUT2D eigenvalue weighted by Gasteiger charge is 2.17. The molecule has 192 valence electrons. The van der Waals surface area contributed by atoms with E-state index in [2.05, 4.69) is 9.44 Å². The number of anilines is 2. The normalized spacial score (nSPS) is 10.9. The first kappa shape index (κ1) is 26.6. The van der Waals surface area contributed by atoms with E-state index in [1.165, 1.54) is 48.3 Å². The van der Waals surface area contributed by atoms with Crippen LogP contribution >= 0.6 is 11.9 Å². The van der Waals surface area contributed by atoms with Crippen LogP contribution in [0.1, 0.15) is 27.0 Å². The molecule has 38 heavy (non-hydrogen) atoms. The molecule has 4 aromatic carbocycles. The summed E-state index contributed by atoms with van der Waals surface area (Å²) in [7, 11) is -3.90. The van der Waals surface area contributed by atoms with E-state index in [1.807, 2.05) is 44.2 Å². The number of carboxylic acid groups (broad SMARTS) is 1. The molecule has 8 nitrogen and oxygen atoms in total. The third-order valence-electron chi connectivity index (χ3n) is 5.44. The van der Waals surface area contributed by atoms with Gasteiger partial charge in [0.05, 0.1) is 27.4 Å². The minimum absolute atomic E-state index is 0.00472. The molecule has 0 unspecified atom stereocenters. The van der Waals surface area contributed by atoms with E-state index in [-0.39, 0.29) is 33.2 Å². The topological polar surface area (TPSA) is 129 Å². The third-order valence-corrected chi connectivity index (χ3v) is 7.66. The van der Waals surface area contributed by atoms with Crippen molar-refractivity contribution >= 4 is 39.3 Å². The minimum atomic E-state index is -3.90. The summed E-state index contributed by atoms with van der Waals surface area (Å²) in [6.45, 7) is 3.84. The summed E-state index contributed by atoms with van der Waals surface area (Å²) >= 11 is 1.29. The van der Waals surface area contributed by atoms with E-state index >= 15 is 0 Å². The number of ether oxygens (including phenoxy) is 1. The van der Waals surface area contributed by atoms with Crippen LogP contribution in [0.15, 0.2) is 94.7 Å². The number of aryl methyl sites for hydroxylation is 2. The summed E-state index contributed by atoms with van der Waals surface area (Å²) < 4.78 is 36.8. The minimum Gasteiger partial charge on any atom is -0.478 e. The fraction of sp³-hybridized carbons (Fsp3) is 0.0714. The van der Waals surface area contributed by atoms with Crippen molar-refractivity contribution in [3.05, 3.63) is 107 Å². The Balaban J connectivity index is 1.52. The van der Waals surface area contributed by atoms with Gasteiger partial charge in [0.2, 0.25) is 0 Å². The molecule has 0 radical (unpaired) electrons. The summed E-state index contributed by atoms with van der Waals surface area (Å²) in [4.78, 5) is 12.9. The lowest BCUT2D eigenvalue weighted by Crippen LogP contribution is -2.13. The molecule has 0 bridgehead atoms. The maximum absolute atomic E-state index is 12.7. The predicted octanol–water partition coefficient (Wildman–Crippen LogP) is 6.59. The Morgan fingerprint density at radius 1 is 0.868 bits per heavy atom. The first-order valence-corrected chi connectivity index (χ1v) is 13.6. The van der Waals surface area contributed by atoms with E-state index in [1.54, 1.807) is 24.3 Å². The van der Waals surface area contributed by atoms with Gasteiger partial charge in [0.25, 0.3) is 10.0 Å². The number of benzene rings is 4. The average molecular weight is 546 g/mol. The number of hydrogen-bond donors (Lipinski definition) is 3. The van der Waals surface area contributed by atoms with Crippen LogP contribution in [-0.2, 0) is 10.0 Å². The van der Waals surface area contributed by atoms with Gasteiger partial charge in [0, 0.05) is 11.0 Å². The van der Waals surface area contributed by atoms with E-state index < -0.39 is 16.0 Å². The highest BCUT2D eigenvalue weighted by molar-refractivity contribution is 8.00. The predicted molar refractivity (Wildman–Crippen MR) is 147 cm³/mol. The zero-order chi connectivity index (χ0) is 27.3. The second kappa shape index (κ2) is 11.3. The number of nitriles is 1. The van der Waals surface area contributed by atoms with Crippen LogP contribution in [0.5, 0.6) is 11.5 Å². The Kier molecular flexibility index (Phi) is 7.90. The van der Waals surface area contributed by atoms with Gasteiger partial charge in [0.1, 0.15) is 17.6 Å². The van der Waals surface area contributed by atoms with Gasteiger partial charge in [-0.3, -0.25) is 4.72 Å². The molecule has 0 aliphatic carbocycles. The highest BCUT2D eigenvalue weighted by Crippen LogP contribution is 2.32. The van der Waals surface area contributed by atoms with Crippen molar-refractivity contribution < 1.29 is 23.1 Å². The summed E-state index contributed by atoms with van der Waals surface area (Å²) in [5.41, 5.74) is 2.59. The number of nitrogens with zero attached hydrogens (tertiary/aromatic N) is 1. The van der Waals surface area contributed by atoms with Crippen LogP contribution in [0.4, 0.5) is 11.4 Å². The SMILES string of the molecule is Cc1ccc(SNc2ccc(Oc3ccc(NS(=O)(=O)c4ccc(C)cc4)c(C#N)c3)cc2C(=O)O)cc1. The Morgan fingerprint density at radius 2 is 1.45 bits per heavy atom. The van der Waals surface area contributed by atoms with Gasteiger partial charge in [0.15, 0.2) is 0 Å². The number of aromatic carboxylic acids is 1. The van der Waals surface area contributed by atoms with Gasteiger partial charge < -0.3 is 14.6 Å². The van der Waals surface area contributed by atoms with E-state index in [9.17, 15) is 23.6 Å². The van der Waals surface area contributed by atoms with Gasteiger partial charge >= 0.3 is 5.97 Å². The van der Waals surface area contributed by atoms with Crippen molar-refractivity contribution in [2.45, 2.75) is 23.6 Å². The highest BCUT2D eigenvalue weighted by atomic mass is 32.2. The lowest BCUT2D eigenvalue weighted by molar-refractivity contribution is 0.0697. The maximum Gasteiger partial charge on any atom is 0.337 e. The Hall–Kier alpha value is -4.46. The molecule has 10 heteroatoms. The first-order valence-electron chi connectivity index (χ1n) is 11.3. The van der Waals surface area contributed by atoms with Crippen molar-refractivity contribution in [2.24, 2.45) is 0 Å². The standard InChI is InChI=1S/C28H23N3O5S2/c1-18-3-9-23(10-4-18)37-30-27-14-8-22(16-25(27)28(32)33)36-21-7-13-26(20(15-21)17-29)31-38(34,35)24-11-5-19(2)6-12-24/h3-16,30-31H,1-2H3,(H,32,33). The molecule has 4 rings (SSSR count). The summed E-state index contributed by atoms with van der Waals surface area (Å²) in [5.74, 6) is -0.655. The largest absolute Gasteiger partial charge is 0.478 e. The van der Waals surface area contributed by atoms with Gasteiger partial charge in [-0.25, -0.2) is 13.2 Å². The Bertz CT molecular complexity index is 1630. The third kappa shape index (κ3) is 6.45. The zero-order valence-electron chi connectivity index (χ0n) is 20.4. The smallest absolute Gasteiger partial charge is 0.337 e. The lowest BCUT2D eigenvalue weighted by Gasteiger charge is -2.13. The van der Waals surface area contributed by atoms with Crippen LogP contribution in [-0.4, -0.2) is 19.5 Å². The molecule has 4 aromatic rings. The van der Waals surface area contributed by atoms with Gasteiger partial charge in [-0.2, -0.15) is 5.26 Å². The van der Waals surface area contributed by atoms with E-state index in [0.29, 0.717) is 5.69 Å². The fourth-order valence-corrected chi connectivity index (χ4v) is 5.16. The molecule has 0 aromatic heterocycles. The Labute approximate surface area is 225 Å². The monoisotopic (exact) mass is 545 g/mol. The fourth-order valence-electron chi connectivity index (χ4n) is 3.40. The van der Waals surface area contributed by atoms with Gasteiger partial charge in [-0.05, 0) is 80.4 Å². The van der Waals surface area contributed by atoms with Crippen molar-refractivity contribution in [3.8, 4) is 17.6 Å². The maximum atomic E-state index is 12.7. The number of carbonyl (C=O) groups is 1. The van der Waals surface area contributed by atoms with Crippen LogP contribution in [0.25, 0.3) is 0 Å². The van der Waals surface area contributed by atoms with Crippen molar-refractivity contribution in [1.29, 1.82) is 5.26 Å². The molecular formula is C28H23N3O5S2. The van der Waals surface area contributed by atoms with Crippen LogP contribution in [0, 0.1) is 25.2 Å². The number of carboxylic acids is 1. The quantitative estimate of drug-likeness (QED) is 0.201. The number of hydrogen-bond acceptors (Lipinski definition) is 7. The average Bonchev–Trinajstić information content (AvgIpc) is 2.89. The second-order valence-corrected chi connectivity index (χ2v) is 10.9. The zero-order valence-corrected chi connectivity index (χ0v) is 22.1. The van der Waals surface area contributed by atoms with Crippen molar-refractivity contribution in [2.75, 3.05) is 9.44 Å².